The van der Waals surface area contributed by atoms with Crippen LogP contribution in [-0.4, -0.2) is 36.8 Å². The van der Waals surface area contributed by atoms with Crippen molar-refractivity contribution in [2.45, 2.75) is 19.1 Å². The largest absolute Gasteiger partial charge is 0.445 e. The fourth-order valence-electron chi connectivity index (χ4n) is 1.83. The minimum atomic E-state index is -0.275. The van der Waals surface area contributed by atoms with E-state index in [1.54, 1.807) is 12.0 Å². The fraction of sp³-hybridized carbons (Fsp3) is 0.462. The van der Waals surface area contributed by atoms with Gasteiger partial charge in [0, 0.05) is 7.11 Å². The first-order chi connectivity index (χ1) is 8.13. The van der Waals surface area contributed by atoms with Gasteiger partial charge < -0.3 is 14.4 Å². The first-order valence-corrected chi connectivity index (χ1v) is 5.64. The standard InChI is InChI=1S/C13H17NO3/c1-13(16-2)9-14(10-13)12(15)17-8-11-6-4-3-5-7-11/h3-7H,8-10H2,1-2H3. The van der Waals surface area contributed by atoms with E-state index >= 15 is 0 Å². The average Bonchev–Trinajstić information content (AvgIpc) is 2.33. The highest BCUT2D eigenvalue weighted by atomic mass is 16.6. The highest BCUT2D eigenvalue weighted by Gasteiger charge is 2.42. The van der Waals surface area contributed by atoms with E-state index in [1.165, 1.54) is 0 Å². The van der Waals surface area contributed by atoms with Crippen molar-refractivity contribution in [3.8, 4) is 0 Å². The molecule has 1 fully saturated rings. The number of methoxy groups -OCH3 is 1. The van der Waals surface area contributed by atoms with Crippen molar-refractivity contribution in [2.75, 3.05) is 20.2 Å². The molecule has 0 bridgehead atoms. The van der Waals surface area contributed by atoms with Crippen LogP contribution in [0.25, 0.3) is 0 Å². The summed E-state index contributed by atoms with van der Waals surface area (Å²) in [6.07, 6.45) is -0.275. The van der Waals surface area contributed by atoms with Crippen LogP contribution >= 0.6 is 0 Å². The molecular weight excluding hydrogens is 218 g/mol. The van der Waals surface area contributed by atoms with Gasteiger partial charge in [0.05, 0.1) is 13.1 Å². The van der Waals surface area contributed by atoms with E-state index in [1.807, 2.05) is 37.3 Å². The summed E-state index contributed by atoms with van der Waals surface area (Å²) in [5, 5.41) is 0. The zero-order valence-corrected chi connectivity index (χ0v) is 10.2. The molecule has 0 aliphatic carbocycles. The fourth-order valence-corrected chi connectivity index (χ4v) is 1.83. The van der Waals surface area contributed by atoms with Crippen LogP contribution in [0.4, 0.5) is 4.79 Å². The summed E-state index contributed by atoms with van der Waals surface area (Å²) in [6, 6.07) is 9.65. The van der Waals surface area contributed by atoms with E-state index in [2.05, 4.69) is 0 Å². The Kier molecular flexibility index (Phi) is 3.33. The molecule has 4 nitrogen and oxygen atoms in total. The number of rotatable bonds is 3. The Morgan fingerprint density at radius 1 is 1.35 bits per heavy atom. The van der Waals surface area contributed by atoms with E-state index in [0.29, 0.717) is 19.7 Å². The molecule has 1 aliphatic rings. The van der Waals surface area contributed by atoms with Gasteiger partial charge in [0.1, 0.15) is 12.2 Å². The van der Waals surface area contributed by atoms with E-state index < -0.39 is 0 Å². The number of likely N-dealkylation sites (tertiary alicyclic amines) is 1. The molecule has 17 heavy (non-hydrogen) atoms. The van der Waals surface area contributed by atoms with Gasteiger partial charge in [-0.15, -0.1) is 0 Å². The lowest BCUT2D eigenvalue weighted by Gasteiger charge is -2.45. The van der Waals surface area contributed by atoms with Gasteiger partial charge in [0.2, 0.25) is 0 Å². The number of nitrogens with zero attached hydrogens (tertiary/aromatic N) is 1. The molecule has 1 saturated heterocycles. The lowest BCUT2D eigenvalue weighted by molar-refractivity contribution is -0.102. The van der Waals surface area contributed by atoms with Crippen molar-refractivity contribution in [3.05, 3.63) is 35.9 Å². The smallest absolute Gasteiger partial charge is 0.410 e. The third kappa shape index (κ3) is 2.77. The third-order valence-electron chi connectivity index (χ3n) is 3.01. The van der Waals surface area contributed by atoms with Gasteiger partial charge in [-0.25, -0.2) is 4.79 Å². The minimum Gasteiger partial charge on any atom is -0.445 e. The maximum atomic E-state index is 11.7. The topological polar surface area (TPSA) is 38.8 Å². The summed E-state index contributed by atoms with van der Waals surface area (Å²) in [5.41, 5.74) is 0.794. The van der Waals surface area contributed by atoms with Crippen LogP contribution in [0.5, 0.6) is 0 Å². The van der Waals surface area contributed by atoms with Crippen molar-refractivity contribution >= 4 is 6.09 Å². The number of ether oxygens (including phenoxy) is 2. The van der Waals surface area contributed by atoms with Gasteiger partial charge >= 0.3 is 6.09 Å². The molecule has 1 aromatic carbocycles. The summed E-state index contributed by atoms with van der Waals surface area (Å²) in [7, 11) is 1.66. The average molecular weight is 235 g/mol. The van der Waals surface area contributed by atoms with Crippen LogP contribution in [0.1, 0.15) is 12.5 Å². The SMILES string of the molecule is COC1(C)CN(C(=O)OCc2ccccc2)C1. The second-order valence-electron chi connectivity index (χ2n) is 4.55. The van der Waals surface area contributed by atoms with Gasteiger partial charge in [-0.1, -0.05) is 30.3 Å². The Morgan fingerprint density at radius 3 is 2.59 bits per heavy atom. The van der Waals surface area contributed by atoms with Crippen LogP contribution in [0.15, 0.2) is 30.3 Å². The monoisotopic (exact) mass is 235 g/mol. The highest BCUT2D eigenvalue weighted by molar-refractivity contribution is 5.69. The van der Waals surface area contributed by atoms with E-state index in [4.69, 9.17) is 9.47 Å². The van der Waals surface area contributed by atoms with E-state index in [0.717, 1.165) is 5.56 Å². The molecule has 4 heteroatoms. The molecular formula is C13H17NO3. The van der Waals surface area contributed by atoms with Crippen molar-refractivity contribution in [3.63, 3.8) is 0 Å². The number of carbonyl (C=O) groups excluding carboxylic acids is 1. The molecule has 0 aromatic heterocycles. The molecule has 1 amide bonds. The number of hydrogen-bond acceptors (Lipinski definition) is 3. The van der Waals surface area contributed by atoms with Crippen molar-refractivity contribution in [1.29, 1.82) is 0 Å². The van der Waals surface area contributed by atoms with Crippen LogP contribution in [-0.2, 0) is 16.1 Å². The maximum Gasteiger partial charge on any atom is 0.410 e. The number of amides is 1. The number of hydrogen-bond donors (Lipinski definition) is 0. The Morgan fingerprint density at radius 2 is 2.00 bits per heavy atom. The van der Waals surface area contributed by atoms with Crippen LogP contribution in [0.3, 0.4) is 0 Å². The Labute approximate surface area is 101 Å². The Hall–Kier alpha value is -1.55. The molecule has 0 unspecified atom stereocenters. The predicted molar refractivity (Wildman–Crippen MR) is 63.6 cm³/mol. The van der Waals surface area contributed by atoms with Crippen molar-refractivity contribution < 1.29 is 14.3 Å². The normalized spacial score (nSPS) is 17.4. The lowest BCUT2D eigenvalue weighted by atomic mass is 9.97. The van der Waals surface area contributed by atoms with Crippen LogP contribution in [0, 0.1) is 0 Å². The van der Waals surface area contributed by atoms with Crippen molar-refractivity contribution in [1.82, 2.24) is 4.90 Å². The Bertz CT molecular complexity index is 385. The summed E-state index contributed by atoms with van der Waals surface area (Å²) in [5.74, 6) is 0. The molecule has 0 saturated carbocycles. The van der Waals surface area contributed by atoms with Gasteiger partial charge in [-0.2, -0.15) is 0 Å². The molecule has 1 aromatic rings. The molecule has 1 aliphatic heterocycles. The molecule has 92 valence electrons. The van der Waals surface area contributed by atoms with Gasteiger partial charge in [-0.3, -0.25) is 0 Å². The van der Waals surface area contributed by atoms with Crippen LogP contribution < -0.4 is 0 Å². The highest BCUT2D eigenvalue weighted by Crippen LogP contribution is 2.24. The molecule has 0 N–H and O–H groups in total. The minimum absolute atomic E-state index is 0.203. The predicted octanol–water partition coefficient (Wildman–Crippen LogP) is 2.04. The third-order valence-corrected chi connectivity index (χ3v) is 3.01. The summed E-state index contributed by atoms with van der Waals surface area (Å²) < 4.78 is 10.5. The number of carbonyl (C=O) groups is 1. The summed E-state index contributed by atoms with van der Waals surface area (Å²) in [4.78, 5) is 13.3. The Balaban J connectivity index is 1.76. The second-order valence-corrected chi connectivity index (χ2v) is 4.55. The zero-order chi connectivity index (χ0) is 12.3. The van der Waals surface area contributed by atoms with Crippen LogP contribution in [0.2, 0.25) is 0 Å². The molecule has 0 spiro atoms. The summed E-state index contributed by atoms with van der Waals surface area (Å²) >= 11 is 0. The van der Waals surface area contributed by atoms with Crippen molar-refractivity contribution in [2.24, 2.45) is 0 Å². The quantitative estimate of drug-likeness (QED) is 0.804. The van der Waals surface area contributed by atoms with Gasteiger partial charge in [-0.05, 0) is 12.5 Å². The van der Waals surface area contributed by atoms with E-state index in [-0.39, 0.29) is 11.7 Å². The summed E-state index contributed by atoms with van der Waals surface area (Å²) in [6.45, 7) is 3.49. The maximum absolute atomic E-state index is 11.7. The van der Waals surface area contributed by atoms with E-state index in [9.17, 15) is 4.79 Å². The first-order valence-electron chi connectivity index (χ1n) is 5.64. The number of benzene rings is 1. The van der Waals surface area contributed by atoms with Gasteiger partial charge in [0.25, 0.3) is 0 Å². The first kappa shape index (κ1) is 11.9. The van der Waals surface area contributed by atoms with Gasteiger partial charge in [0.15, 0.2) is 0 Å². The molecule has 1 heterocycles. The second kappa shape index (κ2) is 4.75. The molecule has 2 rings (SSSR count). The lowest BCUT2D eigenvalue weighted by Crippen LogP contribution is -2.62. The zero-order valence-electron chi connectivity index (χ0n) is 10.2. The molecule has 0 atom stereocenters. The molecule has 0 radical (unpaired) electrons.